The first-order chi connectivity index (χ1) is 10.9. The highest BCUT2D eigenvalue weighted by molar-refractivity contribution is 7.91. The largest absolute Gasteiger partial charge is 0.464 e. The van der Waals surface area contributed by atoms with Crippen molar-refractivity contribution in [2.75, 3.05) is 7.11 Å². The molecule has 2 heterocycles. The second-order valence-corrected chi connectivity index (χ2v) is 7.78. The lowest BCUT2D eigenvalue weighted by Crippen LogP contribution is -2.37. The molecule has 1 atom stereocenters. The highest BCUT2D eigenvalue weighted by atomic mass is 32.2. The molecule has 3 rings (SSSR count). The van der Waals surface area contributed by atoms with Crippen molar-refractivity contribution in [1.29, 1.82) is 0 Å². The van der Waals surface area contributed by atoms with Gasteiger partial charge in [-0.05, 0) is 25.5 Å². The summed E-state index contributed by atoms with van der Waals surface area (Å²) in [5, 5.41) is 0.446. The Morgan fingerprint density at radius 2 is 2.13 bits per heavy atom. The predicted molar refractivity (Wildman–Crippen MR) is 86.7 cm³/mol. The van der Waals surface area contributed by atoms with Crippen LogP contribution in [0.2, 0.25) is 0 Å². The number of ether oxygens (including phenoxy) is 1. The molecule has 23 heavy (non-hydrogen) atoms. The summed E-state index contributed by atoms with van der Waals surface area (Å²) in [4.78, 5) is 15.8. The van der Waals surface area contributed by atoms with Crippen molar-refractivity contribution >= 4 is 26.9 Å². The van der Waals surface area contributed by atoms with Crippen molar-refractivity contribution in [3.63, 3.8) is 0 Å². The number of allylic oxidation sites excluding steroid dienone is 3. The summed E-state index contributed by atoms with van der Waals surface area (Å²) >= 11 is 0. The third kappa shape index (κ3) is 2.28. The van der Waals surface area contributed by atoms with Crippen molar-refractivity contribution in [2.45, 2.75) is 18.1 Å². The molecule has 0 bridgehead atoms. The van der Waals surface area contributed by atoms with Crippen LogP contribution in [0.3, 0.4) is 0 Å². The van der Waals surface area contributed by atoms with Crippen molar-refractivity contribution < 1.29 is 17.9 Å². The van der Waals surface area contributed by atoms with Gasteiger partial charge in [0.2, 0.25) is 10.0 Å². The van der Waals surface area contributed by atoms with E-state index in [1.54, 1.807) is 31.2 Å². The number of esters is 1. The molecule has 0 aliphatic heterocycles. The highest BCUT2D eigenvalue weighted by Crippen LogP contribution is 2.31. The normalized spacial score (nSPS) is 20.8. The number of fused-ring (bicyclic) bond motifs is 1. The van der Waals surface area contributed by atoms with Crippen LogP contribution in [0.15, 0.2) is 48.8 Å². The van der Waals surface area contributed by atoms with Crippen LogP contribution in [0.1, 0.15) is 23.8 Å². The fourth-order valence-corrected chi connectivity index (χ4v) is 4.28. The van der Waals surface area contributed by atoms with Crippen LogP contribution in [0.25, 0.3) is 10.9 Å². The molecule has 0 N–H and O–H groups in total. The monoisotopic (exact) mass is 332 g/mol. The maximum atomic E-state index is 13.1. The van der Waals surface area contributed by atoms with E-state index in [9.17, 15) is 13.2 Å². The molecule has 0 fully saturated rings. The van der Waals surface area contributed by atoms with Gasteiger partial charge in [-0.25, -0.2) is 22.2 Å². The second kappa shape index (κ2) is 5.34. The van der Waals surface area contributed by atoms with E-state index in [1.807, 2.05) is 12.2 Å². The van der Waals surface area contributed by atoms with E-state index in [1.165, 1.54) is 23.5 Å². The van der Waals surface area contributed by atoms with E-state index in [0.29, 0.717) is 17.3 Å². The first-order valence-electron chi connectivity index (χ1n) is 7.04. The summed E-state index contributed by atoms with van der Waals surface area (Å²) in [6.45, 7) is 1.68. The fraction of sp³-hybridized carbons (Fsp3) is 0.250. The Hall–Kier alpha value is -2.41. The molecule has 7 heteroatoms. The smallest absolute Gasteiger partial charge is 0.357 e. The van der Waals surface area contributed by atoms with Gasteiger partial charge in [0.1, 0.15) is 4.75 Å². The Labute approximate surface area is 134 Å². The number of carbonyl (C=O) groups excluding carboxylic acids is 1. The maximum absolute atomic E-state index is 13.1. The molecule has 6 nitrogen and oxygen atoms in total. The van der Waals surface area contributed by atoms with Gasteiger partial charge in [-0.3, -0.25) is 0 Å². The molecule has 1 aliphatic carbocycles. The Morgan fingerprint density at radius 1 is 1.35 bits per heavy atom. The Balaban J connectivity index is 2.20. The zero-order valence-corrected chi connectivity index (χ0v) is 13.6. The number of methoxy groups -OCH3 is 1. The molecule has 0 spiro atoms. The molecule has 0 saturated heterocycles. The average molecular weight is 332 g/mol. The quantitative estimate of drug-likeness (QED) is 0.806. The Bertz CT molecular complexity index is 940. The number of rotatable bonds is 3. The standard InChI is InChI=1S/C16H16N2O4S/c1-16(8-4-3-5-9-16)23(20,21)18-11-7-12-13(18)6-10-17-14(12)15(19)22-2/h3-8,10-11H,9H2,1-2H3. The van der Waals surface area contributed by atoms with E-state index in [-0.39, 0.29) is 5.69 Å². The molecule has 2 aromatic heterocycles. The third-order valence-electron chi connectivity index (χ3n) is 4.03. The zero-order valence-electron chi connectivity index (χ0n) is 12.8. The summed E-state index contributed by atoms with van der Waals surface area (Å²) < 4.78 is 31.0. The van der Waals surface area contributed by atoms with Gasteiger partial charge < -0.3 is 4.74 Å². The number of aromatic nitrogens is 2. The lowest BCUT2D eigenvalue weighted by Gasteiger charge is -2.27. The minimum absolute atomic E-state index is 0.100. The SMILES string of the molecule is COC(=O)c1nccc2c1ccn2S(=O)(=O)C1(C)C=CC=CC1. The van der Waals surface area contributed by atoms with Crippen molar-refractivity contribution in [3.8, 4) is 0 Å². The van der Waals surface area contributed by atoms with Crippen LogP contribution in [0, 0.1) is 0 Å². The second-order valence-electron chi connectivity index (χ2n) is 5.50. The van der Waals surface area contributed by atoms with Crippen LogP contribution in [-0.2, 0) is 14.8 Å². The van der Waals surface area contributed by atoms with E-state index >= 15 is 0 Å². The first kappa shape index (κ1) is 15.5. The zero-order chi connectivity index (χ0) is 16.7. The van der Waals surface area contributed by atoms with Crippen LogP contribution >= 0.6 is 0 Å². The first-order valence-corrected chi connectivity index (χ1v) is 8.48. The maximum Gasteiger partial charge on any atom is 0.357 e. The number of pyridine rings is 1. The summed E-state index contributed by atoms with van der Waals surface area (Å²) in [5.41, 5.74) is 0.507. The molecule has 0 amide bonds. The van der Waals surface area contributed by atoms with Crippen LogP contribution in [0.4, 0.5) is 0 Å². The summed E-state index contributed by atoms with van der Waals surface area (Å²) in [6, 6.07) is 3.14. The Kier molecular flexibility index (Phi) is 3.60. The van der Waals surface area contributed by atoms with Crippen molar-refractivity contribution in [1.82, 2.24) is 8.96 Å². The molecule has 2 aromatic rings. The van der Waals surface area contributed by atoms with Gasteiger partial charge in [0.05, 0.1) is 12.6 Å². The molecular weight excluding hydrogens is 316 g/mol. The van der Waals surface area contributed by atoms with Gasteiger partial charge >= 0.3 is 5.97 Å². The molecule has 1 unspecified atom stereocenters. The lowest BCUT2D eigenvalue weighted by atomic mass is 10.0. The molecule has 1 aliphatic rings. The molecule has 0 saturated carbocycles. The van der Waals surface area contributed by atoms with E-state index in [0.717, 1.165) is 0 Å². The van der Waals surface area contributed by atoms with Gasteiger partial charge in [0.25, 0.3) is 0 Å². The topological polar surface area (TPSA) is 78.3 Å². The minimum Gasteiger partial charge on any atom is -0.464 e. The predicted octanol–water partition coefficient (Wildman–Crippen LogP) is 2.28. The molecular formula is C16H16N2O4S. The number of carbonyl (C=O) groups is 1. The van der Waals surface area contributed by atoms with Gasteiger partial charge in [-0.15, -0.1) is 0 Å². The number of hydrogen-bond donors (Lipinski definition) is 0. The molecule has 0 radical (unpaired) electrons. The van der Waals surface area contributed by atoms with Gasteiger partial charge in [-0.2, -0.15) is 0 Å². The molecule has 120 valence electrons. The van der Waals surface area contributed by atoms with E-state index < -0.39 is 20.7 Å². The van der Waals surface area contributed by atoms with Crippen molar-refractivity contribution in [2.24, 2.45) is 0 Å². The minimum atomic E-state index is -3.70. The average Bonchev–Trinajstić information content (AvgIpc) is 2.99. The van der Waals surface area contributed by atoms with E-state index in [2.05, 4.69) is 4.98 Å². The van der Waals surface area contributed by atoms with Gasteiger partial charge in [-0.1, -0.05) is 24.3 Å². The van der Waals surface area contributed by atoms with Gasteiger partial charge in [0, 0.05) is 17.8 Å². The van der Waals surface area contributed by atoms with Crippen LogP contribution < -0.4 is 0 Å². The number of hydrogen-bond acceptors (Lipinski definition) is 5. The van der Waals surface area contributed by atoms with Gasteiger partial charge in [0.15, 0.2) is 5.69 Å². The van der Waals surface area contributed by atoms with E-state index in [4.69, 9.17) is 4.74 Å². The lowest BCUT2D eigenvalue weighted by molar-refractivity contribution is 0.0596. The van der Waals surface area contributed by atoms with Crippen LogP contribution in [-0.4, -0.2) is 35.2 Å². The number of nitrogens with zero attached hydrogens (tertiary/aromatic N) is 2. The highest BCUT2D eigenvalue weighted by Gasteiger charge is 2.38. The van der Waals surface area contributed by atoms with Crippen molar-refractivity contribution in [3.05, 3.63) is 54.5 Å². The molecule has 0 aromatic carbocycles. The summed E-state index contributed by atoms with van der Waals surface area (Å²) in [6.07, 6.45) is 10.3. The third-order valence-corrected chi connectivity index (χ3v) is 6.34. The fourth-order valence-electron chi connectivity index (χ4n) is 2.63. The van der Waals surface area contributed by atoms with Crippen LogP contribution in [0.5, 0.6) is 0 Å². The summed E-state index contributed by atoms with van der Waals surface area (Å²) in [5.74, 6) is -0.600. The Morgan fingerprint density at radius 3 is 2.78 bits per heavy atom. The summed E-state index contributed by atoms with van der Waals surface area (Å²) in [7, 11) is -2.43.